The van der Waals surface area contributed by atoms with E-state index >= 15 is 0 Å². The molecule has 2 aromatic carbocycles. The van der Waals surface area contributed by atoms with Gasteiger partial charge in [0.2, 0.25) is 0 Å². The molecule has 6 heteroatoms. The molecular formula is C27H36N2O4. The number of morpholine rings is 1. The fraction of sp³-hybridized carbons (Fsp3) is 0.481. The predicted octanol–water partition coefficient (Wildman–Crippen LogP) is 4.45. The Morgan fingerprint density at radius 1 is 1.06 bits per heavy atom. The van der Waals surface area contributed by atoms with Gasteiger partial charge in [0.1, 0.15) is 5.75 Å². The zero-order chi connectivity index (χ0) is 24.1. The highest BCUT2D eigenvalue weighted by Gasteiger charge is 2.26. The summed E-state index contributed by atoms with van der Waals surface area (Å²) < 4.78 is 11.6. The van der Waals surface area contributed by atoms with E-state index in [9.17, 15) is 9.59 Å². The van der Waals surface area contributed by atoms with Gasteiger partial charge in [-0.15, -0.1) is 0 Å². The van der Waals surface area contributed by atoms with Crippen LogP contribution in [0.4, 0.5) is 0 Å². The van der Waals surface area contributed by atoms with Crippen LogP contribution in [0.3, 0.4) is 0 Å². The smallest absolute Gasteiger partial charge is 0.261 e. The molecule has 2 amide bonds. The summed E-state index contributed by atoms with van der Waals surface area (Å²) in [5, 5.41) is 2.91. The van der Waals surface area contributed by atoms with Crippen molar-refractivity contribution in [3.63, 3.8) is 0 Å². The molecule has 3 rings (SSSR count). The van der Waals surface area contributed by atoms with Crippen LogP contribution in [0.2, 0.25) is 0 Å². The number of amides is 2. The van der Waals surface area contributed by atoms with Gasteiger partial charge in [0, 0.05) is 25.2 Å². The van der Waals surface area contributed by atoms with Gasteiger partial charge < -0.3 is 19.7 Å². The van der Waals surface area contributed by atoms with Gasteiger partial charge in [-0.2, -0.15) is 0 Å². The first-order valence-electron chi connectivity index (χ1n) is 11.7. The number of aryl methyl sites for hydroxylation is 1. The van der Waals surface area contributed by atoms with E-state index in [0.29, 0.717) is 36.9 Å². The number of carbonyl (C=O) groups is 2. The minimum absolute atomic E-state index is 0.00777. The Hall–Kier alpha value is -2.86. The van der Waals surface area contributed by atoms with Crippen molar-refractivity contribution < 1.29 is 19.1 Å². The molecule has 0 aromatic heterocycles. The molecule has 3 unspecified atom stereocenters. The van der Waals surface area contributed by atoms with Crippen LogP contribution in [0, 0.1) is 6.92 Å². The van der Waals surface area contributed by atoms with E-state index in [4.69, 9.17) is 9.47 Å². The van der Waals surface area contributed by atoms with Crippen LogP contribution in [0.15, 0.2) is 42.5 Å². The Balaban J connectivity index is 1.51. The lowest BCUT2D eigenvalue weighted by Crippen LogP contribution is -2.48. The summed E-state index contributed by atoms with van der Waals surface area (Å²) >= 11 is 0. The molecule has 178 valence electrons. The number of nitrogens with one attached hydrogen (secondary N) is 1. The SMILES string of the molecule is Cc1cc(OC(C)C(=O)NCc2ccc(C(=O)N3CC(C)OC(C)C3)cc2)ccc1C(C)C. The maximum absolute atomic E-state index is 12.8. The van der Waals surface area contributed by atoms with Gasteiger partial charge in [0.25, 0.3) is 11.8 Å². The Bertz CT molecular complexity index is 961. The van der Waals surface area contributed by atoms with E-state index < -0.39 is 6.10 Å². The van der Waals surface area contributed by atoms with E-state index in [1.807, 2.05) is 55.1 Å². The van der Waals surface area contributed by atoms with Crippen molar-refractivity contribution in [2.24, 2.45) is 0 Å². The van der Waals surface area contributed by atoms with Crippen molar-refractivity contribution in [3.8, 4) is 5.75 Å². The summed E-state index contributed by atoms with van der Waals surface area (Å²) in [6.45, 7) is 13.6. The van der Waals surface area contributed by atoms with Gasteiger partial charge in [-0.25, -0.2) is 0 Å². The Morgan fingerprint density at radius 2 is 1.70 bits per heavy atom. The van der Waals surface area contributed by atoms with Crippen LogP contribution < -0.4 is 10.1 Å². The third kappa shape index (κ3) is 6.57. The summed E-state index contributed by atoms with van der Waals surface area (Å²) in [6, 6.07) is 13.3. The number of carbonyl (C=O) groups excluding carboxylic acids is 2. The molecule has 6 nitrogen and oxygen atoms in total. The molecule has 0 radical (unpaired) electrons. The quantitative estimate of drug-likeness (QED) is 0.674. The summed E-state index contributed by atoms with van der Waals surface area (Å²) in [6.07, 6.45) is -0.539. The molecule has 1 heterocycles. The molecule has 0 bridgehead atoms. The lowest BCUT2D eigenvalue weighted by atomic mass is 9.98. The summed E-state index contributed by atoms with van der Waals surface area (Å²) in [5.41, 5.74) is 4.00. The first kappa shape index (κ1) is 24.8. The zero-order valence-corrected chi connectivity index (χ0v) is 20.6. The van der Waals surface area contributed by atoms with Crippen molar-refractivity contribution in [1.29, 1.82) is 0 Å². The number of benzene rings is 2. The number of hydrogen-bond acceptors (Lipinski definition) is 4. The van der Waals surface area contributed by atoms with E-state index in [1.54, 1.807) is 6.92 Å². The molecule has 2 aromatic rings. The van der Waals surface area contributed by atoms with Crippen molar-refractivity contribution >= 4 is 11.8 Å². The third-order valence-electron chi connectivity index (χ3n) is 5.92. The minimum atomic E-state index is -0.611. The second-order valence-corrected chi connectivity index (χ2v) is 9.32. The highest BCUT2D eigenvalue weighted by atomic mass is 16.5. The van der Waals surface area contributed by atoms with Gasteiger partial charge in [-0.3, -0.25) is 9.59 Å². The first-order chi connectivity index (χ1) is 15.6. The monoisotopic (exact) mass is 452 g/mol. The lowest BCUT2D eigenvalue weighted by molar-refractivity contribution is -0.127. The largest absolute Gasteiger partial charge is 0.481 e. The van der Waals surface area contributed by atoms with Crippen molar-refractivity contribution in [2.45, 2.75) is 72.3 Å². The molecule has 0 spiro atoms. The average Bonchev–Trinajstić information content (AvgIpc) is 2.76. The predicted molar refractivity (Wildman–Crippen MR) is 130 cm³/mol. The van der Waals surface area contributed by atoms with Crippen molar-refractivity contribution in [3.05, 3.63) is 64.7 Å². The van der Waals surface area contributed by atoms with Crippen LogP contribution in [0.5, 0.6) is 5.75 Å². The van der Waals surface area contributed by atoms with Gasteiger partial charge in [0.15, 0.2) is 6.10 Å². The highest BCUT2D eigenvalue weighted by Crippen LogP contribution is 2.24. The van der Waals surface area contributed by atoms with E-state index in [-0.39, 0.29) is 24.0 Å². The Kier molecular flexibility index (Phi) is 8.14. The molecule has 1 saturated heterocycles. The van der Waals surface area contributed by atoms with Crippen LogP contribution in [-0.2, 0) is 16.1 Å². The van der Waals surface area contributed by atoms with Crippen LogP contribution >= 0.6 is 0 Å². The second-order valence-electron chi connectivity index (χ2n) is 9.32. The fourth-order valence-corrected chi connectivity index (χ4v) is 4.25. The molecule has 1 aliphatic rings. The van der Waals surface area contributed by atoms with Gasteiger partial charge in [-0.1, -0.05) is 32.0 Å². The maximum atomic E-state index is 12.8. The highest BCUT2D eigenvalue weighted by molar-refractivity contribution is 5.94. The molecule has 3 atom stereocenters. The molecule has 0 aliphatic carbocycles. The number of ether oxygens (including phenoxy) is 2. The standard InChI is InChI=1S/C27H36N2O4/c1-17(2)25-12-11-24(13-18(25)3)33-21(6)26(30)28-14-22-7-9-23(10-8-22)27(31)29-15-19(4)32-20(5)16-29/h7-13,17,19-21H,14-16H2,1-6H3,(H,28,30). The Labute approximate surface area is 197 Å². The molecule has 0 saturated carbocycles. The average molecular weight is 453 g/mol. The molecule has 1 aliphatic heterocycles. The number of nitrogens with zero attached hydrogens (tertiary/aromatic N) is 1. The number of rotatable bonds is 7. The van der Waals surface area contributed by atoms with E-state index in [1.165, 1.54) is 5.56 Å². The topological polar surface area (TPSA) is 67.9 Å². The van der Waals surface area contributed by atoms with E-state index in [2.05, 4.69) is 32.2 Å². The third-order valence-corrected chi connectivity index (χ3v) is 5.92. The van der Waals surface area contributed by atoms with Crippen LogP contribution in [0.1, 0.15) is 67.6 Å². The van der Waals surface area contributed by atoms with Gasteiger partial charge >= 0.3 is 0 Å². The first-order valence-corrected chi connectivity index (χ1v) is 11.7. The fourth-order valence-electron chi connectivity index (χ4n) is 4.25. The molecule has 1 fully saturated rings. The molecular weight excluding hydrogens is 416 g/mol. The minimum Gasteiger partial charge on any atom is -0.481 e. The Morgan fingerprint density at radius 3 is 2.27 bits per heavy atom. The maximum Gasteiger partial charge on any atom is 0.261 e. The summed E-state index contributed by atoms with van der Waals surface area (Å²) in [4.78, 5) is 27.1. The van der Waals surface area contributed by atoms with Crippen LogP contribution in [0.25, 0.3) is 0 Å². The van der Waals surface area contributed by atoms with Crippen molar-refractivity contribution in [2.75, 3.05) is 13.1 Å². The summed E-state index contributed by atoms with van der Waals surface area (Å²) in [5.74, 6) is 0.960. The lowest BCUT2D eigenvalue weighted by Gasteiger charge is -2.35. The van der Waals surface area contributed by atoms with E-state index in [0.717, 1.165) is 11.1 Å². The van der Waals surface area contributed by atoms with Crippen molar-refractivity contribution in [1.82, 2.24) is 10.2 Å². The zero-order valence-electron chi connectivity index (χ0n) is 20.6. The molecule has 33 heavy (non-hydrogen) atoms. The normalized spacial score (nSPS) is 19.3. The van der Waals surface area contributed by atoms with Gasteiger partial charge in [-0.05, 0) is 74.6 Å². The number of hydrogen-bond donors (Lipinski definition) is 1. The second kappa shape index (κ2) is 10.8. The molecule has 1 N–H and O–H groups in total. The summed E-state index contributed by atoms with van der Waals surface area (Å²) in [7, 11) is 0. The van der Waals surface area contributed by atoms with Crippen LogP contribution in [-0.4, -0.2) is 48.1 Å². The van der Waals surface area contributed by atoms with Gasteiger partial charge in [0.05, 0.1) is 12.2 Å².